The Morgan fingerprint density at radius 1 is 1.47 bits per heavy atom. The maximum atomic E-state index is 5.88. The highest BCUT2D eigenvalue weighted by Gasteiger charge is 2.02. The molecule has 2 heterocycles. The Balaban J connectivity index is 1.92. The van der Waals surface area contributed by atoms with Crippen molar-refractivity contribution in [3.8, 4) is 0 Å². The third kappa shape index (κ3) is 3.64. The summed E-state index contributed by atoms with van der Waals surface area (Å²) in [4.78, 5) is 8.37. The van der Waals surface area contributed by atoms with Gasteiger partial charge in [0.1, 0.15) is 16.7 Å². The van der Waals surface area contributed by atoms with Crippen molar-refractivity contribution in [1.29, 1.82) is 0 Å². The first-order valence-electron chi connectivity index (χ1n) is 5.13. The Morgan fingerprint density at radius 3 is 3.06 bits per heavy atom. The van der Waals surface area contributed by atoms with Crippen molar-refractivity contribution in [2.24, 2.45) is 0 Å². The Kier molecular flexibility index (Phi) is 4.28. The number of halogens is 1. The molecule has 0 amide bonds. The lowest BCUT2D eigenvalue weighted by Gasteiger charge is -2.05. The number of nitrogens with zero attached hydrogens (tertiary/aromatic N) is 2. The molecule has 1 N–H and O–H groups in total. The number of thioether (sulfide) groups is 1. The van der Waals surface area contributed by atoms with Crippen LogP contribution in [0.3, 0.4) is 0 Å². The lowest BCUT2D eigenvalue weighted by Crippen LogP contribution is -2.06. The molecule has 2 aromatic rings. The van der Waals surface area contributed by atoms with Gasteiger partial charge in [-0.05, 0) is 18.4 Å². The fourth-order valence-corrected chi connectivity index (χ4v) is 1.96. The number of nitrogens with one attached hydrogen (secondary N) is 1. The molecule has 0 aliphatic heterocycles. The number of aromatic nitrogens is 2. The molecule has 17 heavy (non-hydrogen) atoms. The number of anilines is 1. The SMILES string of the molecule is CSc1nc(Cl)cc(NCCc2ccco2)n1. The van der Waals surface area contributed by atoms with E-state index in [1.165, 1.54) is 11.8 Å². The van der Waals surface area contributed by atoms with Crippen molar-refractivity contribution in [3.63, 3.8) is 0 Å². The molecule has 0 bridgehead atoms. The summed E-state index contributed by atoms with van der Waals surface area (Å²) >= 11 is 7.35. The van der Waals surface area contributed by atoms with Gasteiger partial charge in [-0.25, -0.2) is 9.97 Å². The van der Waals surface area contributed by atoms with Crippen LogP contribution in [0.5, 0.6) is 0 Å². The van der Waals surface area contributed by atoms with Crippen molar-refractivity contribution in [2.45, 2.75) is 11.6 Å². The largest absolute Gasteiger partial charge is 0.469 e. The van der Waals surface area contributed by atoms with Crippen molar-refractivity contribution >= 4 is 29.2 Å². The smallest absolute Gasteiger partial charge is 0.190 e. The van der Waals surface area contributed by atoms with Gasteiger partial charge in [-0.3, -0.25) is 0 Å². The number of furan rings is 1. The van der Waals surface area contributed by atoms with Crippen molar-refractivity contribution < 1.29 is 4.42 Å². The monoisotopic (exact) mass is 269 g/mol. The first-order chi connectivity index (χ1) is 8.28. The van der Waals surface area contributed by atoms with Crippen LogP contribution in [0.4, 0.5) is 5.82 Å². The maximum absolute atomic E-state index is 5.88. The standard InChI is InChI=1S/C11H12ClN3OS/c1-17-11-14-9(12)7-10(15-11)13-5-4-8-3-2-6-16-8/h2-3,6-7H,4-5H2,1H3,(H,13,14,15). The summed E-state index contributed by atoms with van der Waals surface area (Å²) in [6.45, 7) is 0.745. The molecule has 0 unspecified atom stereocenters. The first-order valence-corrected chi connectivity index (χ1v) is 6.73. The average Bonchev–Trinajstić information content (AvgIpc) is 2.81. The van der Waals surface area contributed by atoms with Gasteiger partial charge >= 0.3 is 0 Å². The molecular weight excluding hydrogens is 258 g/mol. The molecule has 0 fully saturated rings. The molecule has 0 aliphatic carbocycles. The third-order valence-electron chi connectivity index (χ3n) is 2.11. The van der Waals surface area contributed by atoms with E-state index in [1.807, 2.05) is 18.4 Å². The van der Waals surface area contributed by atoms with Crippen LogP contribution in [0.1, 0.15) is 5.76 Å². The van der Waals surface area contributed by atoms with Crippen molar-refractivity contribution in [1.82, 2.24) is 9.97 Å². The second kappa shape index (κ2) is 5.93. The van der Waals surface area contributed by atoms with Crippen LogP contribution < -0.4 is 5.32 Å². The molecule has 0 radical (unpaired) electrons. The minimum Gasteiger partial charge on any atom is -0.469 e. The molecule has 2 aromatic heterocycles. The summed E-state index contributed by atoms with van der Waals surface area (Å²) in [5.41, 5.74) is 0. The van der Waals surface area contributed by atoms with Crippen LogP contribution in [0.2, 0.25) is 5.15 Å². The molecule has 0 saturated heterocycles. The summed E-state index contributed by atoms with van der Waals surface area (Å²) in [7, 11) is 0. The molecule has 0 spiro atoms. The molecule has 0 atom stereocenters. The van der Waals surface area contributed by atoms with Crippen LogP contribution in [0, 0.1) is 0 Å². The zero-order valence-electron chi connectivity index (χ0n) is 9.31. The lowest BCUT2D eigenvalue weighted by molar-refractivity contribution is 0.513. The van der Waals surface area contributed by atoms with Gasteiger partial charge in [-0.15, -0.1) is 0 Å². The third-order valence-corrected chi connectivity index (χ3v) is 2.86. The molecule has 90 valence electrons. The van der Waals surface area contributed by atoms with E-state index in [0.717, 1.165) is 24.5 Å². The second-order valence-corrected chi connectivity index (χ2v) is 4.48. The minimum atomic E-state index is 0.449. The molecule has 0 aliphatic rings. The molecular formula is C11H12ClN3OS. The summed E-state index contributed by atoms with van der Waals surface area (Å²) in [5.74, 6) is 1.68. The van der Waals surface area contributed by atoms with E-state index in [9.17, 15) is 0 Å². The Bertz CT molecular complexity index is 476. The number of hydrogen-bond donors (Lipinski definition) is 1. The molecule has 0 aromatic carbocycles. The Morgan fingerprint density at radius 2 is 2.35 bits per heavy atom. The lowest BCUT2D eigenvalue weighted by atomic mass is 10.3. The molecule has 2 rings (SSSR count). The van der Waals surface area contributed by atoms with E-state index in [-0.39, 0.29) is 0 Å². The van der Waals surface area contributed by atoms with E-state index >= 15 is 0 Å². The predicted molar refractivity (Wildman–Crippen MR) is 69.7 cm³/mol. The van der Waals surface area contributed by atoms with Gasteiger partial charge in [-0.2, -0.15) is 0 Å². The normalized spacial score (nSPS) is 10.5. The van der Waals surface area contributed by atoms with Gasteiger partial charge in [0, 0.05) is 19.0 Å². The van der Waals surface area contributed by atoms with Gasteiger partial charge < -0.3 is 9.73 Å². The zero-order valence-corrected chi connectivity index (χ0v) is 10.9. The quantitative estimate of drug-likeness (QED) is 0.513. The summed E-state index contributed by atoms with van der Waals surface area (Å²) in [6, 6.07) is 5.54. The van der Waals surface area contributed by atoms with E-state index in [1.54, 1.807) is 12.3 Å². The van der Waals surface area contributed by atoms with Crippen LogP contribution >= 0.6 is 23.4 Å². The Hall–Kier alpha value is -1.20. The Labute approximate surface area is 109 Å². The van der Waals surface area contributed by atoms with Crippen molar-refractivity contribution in [2.75, 3.05) is 18.1 Å². The summed E-state index contributed by atoms with van der Waals surface area (Å²) in [6.07, 6.45) is 4.39. The summed E-state index contributed by atoms with van der Waals surface area (Å²) < 4.78 is 5.24. The topological polar surface area (TPSA) is 51.0 Å². The highest BCUT2D eigenvalue weighted by molar-refractivity contribution is 7.98. The highest BCUT2D eigenvalue weighted by Crippen LogP contribution is 2.17. The van der Waals surface area contributed by atoms with E-state index < -0.39 is 0 Å². The van der Waals surface area contributed by atoms with E-state index in [4.69, 9.17) is 16.0 Å². The van der Waals surface area contributed by atoms with Gasteiger partial charge in [0.15, 0.2) is 5.16 Å². The molecule has 0 saturated carbocycles. The number of rotatable bonds is 5. The fraction of sp³-hybridized carbons (Fsp3) is 0.273. The maximum Gasteiger partial charge on any atom is 0.190 e. The predicted octanol–water partition coefficient (Wildman–Crippen LogP) is 3.10. The van der Waals surface area contributed by atoms with Gasteiger partial charge in [-0.1, -0.05) is 23.4 Å². The van der Waals surface area contributed by atoms with Crippen LogP contribution in [-0.4, -0.2) is 22.8 Å². The van der Waals surface area contributed by atoms with Crippen molar-refractivity contribution in [3.05, 3.63) is 35.4 Å². The molecule has 4 nitrogen and oxygen atoms in total. The van der Waals surface area contributed by atoms with Crippen LogP contribution in [0.25, 0.3) is 0 Å². The zero-order chi connectivity index (χ0) is 12.1. The fourth-order valence-electron chi connectivity index (χ4n) is 1.35. The van der Waals surface area contributed by atoms with E-state index in [2.05, 4.69) is 15.3 Å². The number of hydrogen-bond acceptors (Lipinski definition) is 5. The van der Waals surface area contributed by atoms with Gasteiger partial charge in [0.2, 0.25) is 0 Å². The molecule has 6 heteroatoms. The summed E-state index contributed by atoms with van der Waals surface area (Å²) in [5, 5.41) is 4.30. The highest BCUT2D eigenvalue weighted by atomic mass is 35.5. The minimum absolute atomic E-state index is 0.449. The average molecular weight is 270 g/mol. The van der Waals surface area contributed by atoms with Crippen LogP contribution in [-0.2, 0) is 6.42 Å². The van der Waals surface area contributed by atoms with Gasteiger partial charge in [0.05, 0.1) is 6.26 Å². The van der Waals surface area contributed by atoms with Gasteiger partial charge in [0.25, 0.3) is 0 Å². The second-order valence-electron chi connectivity index (χ2n) is 3.32. The van der Waals surface area contributed by atoms with Crippen LogP contribution in [0.15, 0.2) is 34.0 Å². The first kappa shape index (κ1) is 12.3. The van der Waals surface area contributed by atoms with E-state index in [0.29, 0.717) is 10.3 Å².